The lowest BCUT2D eigenvalue weighted by molar-refractivity contribution is -0.145. The minimum atomic E-state index is -2.67. The van der Waals surface area contributed by atoms with Crippen LogP contribution in [0.15, 0.2) is 0 Å². The molecule has 0 rings (SSSR count). The van der Waals surface area contributed by atoms with Crippen LogP contribution in [-0.2, 0) is 45.6 Å². The highest BCUT2D eigenvalue weighted by Gasteiger charge is 2.41. The minimum absolute atomic E-state index is 0.218. The fourth-order valence-corrected chi connectivity index (χ4v) is 12.1. The van der Waals surface area contributed by atoms with Gasteiger partial charge in [0.2, 0.25) is 0 Å². The first kappa shape index (κ1) is 44.8. The van der Waals surface area contributed by atoms with Crippen LogP contribution >= 0.6 is 23.5 Å². The second-order valence-electron chi connectivity index (χ2n) is 11.2. The molecule has 0 aliphatic rings. The van der Waals surface area contributed by atoms with E-state index in [1.54, 1.807) is 23.5 Å². The Bertz CT molecular complexity index is 693. The minimum Gasteiger partial charge on any atom is -0.465 e. The molecule has 10 nitrogen and oxygen atoms in total. The van der Waals surface area contributed by atoms with Gasteiger partial charge in [-0.15, -0.1) is 23.5 Å². The molecule has 0 spiro atoms. The zero-order valence-corrected chi connectivity index (χ0v) is 33.6. The molecule has 45 heavy (non-hydrogen) atoms. The van der Waals surface area contributed by atoms with Crippen LogP contribution in [0.25, 0.3) is 0 Å². The van der Waals surface area contributed by atoms with Gasteiger partial charge in [0.25, 0.3) is 0 Å². The second-order valence-corrected chi connectivity index (χ2v) is 20.1. The van der Waals surface area contributed by atoms with Gasteiger partial charge in [-0.3, -0.25) is 9.59 Å². The lowest BCUT2D eigenvalue weighted by atomic mass is 10.2. The van der Waals surface area contributed by atoms with Gasteiger partial charge in [0.1, 0.15) is 9.49 Å². The molecule has 0 aliphatic heterocycles. The molecule has 0 fully saturated rings. The van der Waals surface area contributed by atoms with Crippen molar-refractivity contribution in [1.82, 2.24) is 0 Å². The summed E-state index contributed by atoms with van der Waals surface area (Å²) in [5.74, 6) is 1.12. The van der Waals surface area contributed by atoms with Crippen molar-refractivity contribution in [2.24, 2.45) is 0 Å². The van der Waals surface area contributed by atoms with Crippen molar-refractivity contribution < 1.29 is 45.6 Å². The van der Waals surface area contributed by atoms with Gasteiger partial charge in [-0.1, -0.05) is 0 Å². The van der Waals surface area contributed by atoms with Gasteiger partial charge in [0, 0.05) is 51.7 Å². The molecule has 0 amide bonds. The third kappa shape index (κ3) is 18.8. The SMILES string of the molecule is CCO[Si](CCCSC(C)(C)C(=O)OCCCCCOC(=O)C(C)(C)SCCC[Si](OCC)(OCC)OCC)(OCC)OCC. The van der Waals surface area contributed by atoms with Crippen LogP contribution in [0.5, 0.6) is 0 Å². The molecular weight excluding hydrogens is 653 g/mol. The standard InChI is InChI=1S/C31H64O10S2Si2/c1-11-36-44(37-12-2,38-13-3)26-20-24-42-30(7,8)28(32)34-22-18-17-19-23-35-29(33)31(9,10)43-25-21-27-45(39-14-4,40-15-5)41-16-6/h11-27H2,1-10H3. The summed E-state index contributed by atoms with van der Waals surface area (Å²) in [5.41, 5.74) is 0. The molecule has 0 radical (unpaired) electrons. The average Bonchev–Trinajstić information content (AvgIpc) is 2.97. The predicted molar refractivity (Wildman–Crippen MR) is 189 cm³/mol. The van der Waals surface area contributed by atoms with Crippen molar-refractivity contribution in [3.63, 3.8) is 0 Å². The van der Waals surface area contributed by atoms with Gasteiger partial charge in [-0.2, -0.15) is 0 Å². The van der Waals surface area contributed by atoms with E-state index in [1.165, 1.54) is 0 Å². The van der Waals surface area contributed by atoms with Gasteiger partial charge in [0.05, 0.1) is 13.2 Å². The van der Waals surface area contributed by atoms with Crippen molar-refractivity contribution >= 4 is 53.1 Å². The van der Waals surface area contributed by atoms with Crippen molar-refractivity contribution in [3.05, 3.63) is 0 Å². The van der Waals surface area contributed by atoms with Crippen LogP contribution in [0.1, 0.15) is 101 Å². The molecule has 0 saturated heterocycles. The molecule has 268 valence electrons. The molecule has 14 heteroatoms. The quantitative estimate of drug-likeness (QED) is 0.0428. The number of unbranched alkanes of at least 4 members (excludes halogenated alkanes) is 2. The number of carbonyl (C=O) groups is 2. The van der Waals surface area contributed by atoms with Crippen LogP contribution in [0.2, 0.25) is 12.1 Å². The molecule has 0 atom stereocenters. The maximum atomic E-state index is 12.7. The fraction of sp³-hybridized carbons (Fsp3) is 0.935. The zero-order valence-electron chi connectivity index (χ0n) is 29.9. The zero-order chi connectivity index (χ0) is 34.2. The number of hydrogen-bond acceptors (Lipinski definition) is 12. The Balaban J connectivity index is 4.32. The van der Waals surface area contributed by atoms with E-state index in [2.05, 4.69) is 0 Å². The first-order valence-electron chi connectivity index (χ1n) is 16.8. The van der Waals surface area contributed by atoms with Crippen LogP contribution in [0, 0.1) is 0 Å². The third-order valence-corrected chi connectivity index (χ3v) is 15.7. The van der Waals surface area contributed by atoms with Crippen molar-refractivity contribution in [1.29, 1.82) is 0 Å². The monoisotopic (exact) mass is 716 g/mol. The summed E-state index contributed by atoms with van der Waals surface area (Å²) < 4.78 is 45.3. The second kappa shape index (κ2) is 24.9. The van der Waals surface area contributed by atoms with Gasteiger partial charge < -0.3 is 36.0 Å². The summed E-state index contributed by atoms with van der Waals surface area (Å²) in [6.07, 6.45) is 3.91. The van der Waals surface area contributed by atoms with Crippen molar-refractivity contribution in [3.8, 4) is 0 Å². The lowest BCUT2D eigenvalue weighted by Gasteiger charge is -2.29. The maximum absolute atomic E-state index is 12.7. The van der Waals surface area contributed by atoms with Crippen LogP contribution in [0.4, 0.5) is 0 Å². The van der Waals surface area contributed by atoms with E-state index in [9.17, 15) is 9.59 Å². The van der Waals surface area contributed by atoms with Crippen LogP contribution in [0.3, 0.4) is 0 Å². The molecule has 0 bridgehead atoms. The highest BCUT2D eigenvalue weighted by Crippen LogP contribution is 2.30. The number of rotatable bonds is 30. The summed E-state index contributed by atoms with van der Waals surface area (Å²) in [6, 6.07) is 1.45. The highest BCUT2D eigenvalue weighted by molar-refractivity contribution is 8.01. The Morgan fingerprint density at radius 3 is 1.04 bits per heavy atom. The summed E-state index contributed by atoms with van der Waals surface area (Å²) in [7, 11) is -5.34. The predicted octanol–water partition coefficient (Wildman–Crippen LogP) is 7.14. The largest absolute Gasteiger partial charge is 0.500 e. The Hall–Kier alpha value is -0.166. The molecule has 0 unspecified atom stereocenters. The normalized spacial score (nSPS) is 12.8. The first-order chi connectivity index (χ1) is 21.3. The molecule has 0 saturated carbocycles. The Kier molecular flexibility index (Phi) is 24.8. The van der Waals surface area contributed by atoms with E-state index >= 15 is 0 Å². The summed E-state index contributed by atoms with van der Waals surface area (Å²) in [4.78, 5) is 25.4. The molecule has 0 aromatic heterocycles. The maximum Gasteiger partial charge on any atom is 0.500 e. The van der Waals surface area contributed by atoms with E-state index in [4.69, 9.17) is 36.0 Å². The van der Waals surface area contributed by atoms with Crippen molar-refractivity contribution in [2.75, 3.05) is 64.4 Å². The van der Waals surface area contributed by atoms with Gasteiger partial charge in [0.15, 0.2) is 0 Å². The van der Waals surface area contributed by atoms with E-state index in [-0.39, 0.29) is 11.9 Å². The number of esters is 2. The number of carbonyl (C=O) groups excluding carboxylic acids is 2. The lowest BCUT2D eigenvalue weighted by Crippen LogP contribution is -2.46. The Morgan fingerprint density at radius 2 is 0.778 bits per heavy atom. The summed E-state index contributed by atoms with van der Waals surface area (Å²) >= 11 is 3.16. The average molecular weight is 717 g/mol. The smallest absolute Gasteiger partial charge is 0.465 e. The van der Waals surface area contributed by atoms with Gasteiger partial charge >= 0.3 is 29.5 Å². The third-order valence-electron chi connectivity index (χ3n) is 6.60. The number of hydrogen-bond donors (Lipinski definition) is 0. The first-order valence-corrected chi connectivity index (χ1v) is 22.6. The van der Waals surface area contributed by atoms with E-state index in [0.29, 0.717) is 52.9 Å². The summed E-state index contributed by atoms with van der Waals surface area (Å²) in [5, 5.41) is 0. The van der Waals surface area contributed by atoms with E-state index in [1.807, 2.05) is 69.2 Å². The molecule has 0 aromatic carbocycles. The van der Waals surface area contributed by atoms with Crippen molar-refractivity contribution in [2.45, 2.75) is 123 Å². The van der Waals surface area contributed by atoms with Crippen LogP contribution in [-0.4, -0.2) is 103 Å². The number of thioether (sulfide) groups is 2. The fourth-order valence-electron chi connectivity index (χ4n) is 4.41. The van der Waals surface area contributed by atoms with Crippen LogP contribution < -0.4 is 0 Å². The van der Waals surface area contributed by atoms with E-state index in [0.717, 1.165) is 55.7 Å². The topological polar surface area (TPSA) is 108 Å². The summed E-state index contributed by atoms with van der Waals surface area (Å²) in [6.45, 7) is 23.3. The Morgan fingerprint density at radius 1 is 0.489 bits per heavy atom. The van der Waals surface area contributed by atoms with Gasteiger partial charge in [-0.05, 0) is 113 Å². The highest BCUT2D eigenvalue weighted by atomic mass is 32.2. The Labute approximate surface area is 285 Å². The molecule has 0 heterocycles. The number of ether oxygens (including phenoxy) is 2. The van der Waals surface area contributed by atoms with Gasteiger partial charge in [-0.25, -0.2) is 0 Å². The molecule has 0 N–H and O–H groups in total. The molecule has 0 aliphatic carbocycles. The molecule has 0 aromatic rings. The van der Waals surface area contributed by atoms with E-state index < -0.39 is 27.1 Å². The molecular formula is C31H64O10S2Si2.